The van der Waals surface area contributed by atoms with Gasteiger partial charge < -0.3 is 9.88 Å². The minimum Gasteiger partial charge on any atom is -0.317 e. The van der Waals surface area contributed by atoms with E-state index in [0.717, 1.165) is 44.3 Å². The Morgan fingerprint density at radius 1 is 1.09 bits per heavy atom. The van der Waals surface area contributed by atoms with Crippen LogP contribution in [0.15, 0.2) is 0 Å². The van der Waals surface area contributed by atoms with Crippen molar-refractivity contribution in [2.24, 2.45) is 17.3 Å². The molecule has 0 saturated carbocycles. The monoisotopic (exact) mass is 326 g/mol. The van der Waals surface area contributed by atoms with Crippen molar-refractivity contribution in [2.75, 3.05) is 13.1 Å². The summed E-state index contributed by atoms with van der Waals surface area (Å²) < 4.78 is 2.44. The van der Waals surface area contributed by atoms with Crippen molar-refractivity contribution in [2.45, 2.75) is 65.8 Å². The zero-order valence-electron chi connectivity index (χ0n) is 14.3. The van der Waals surface area contributed by atoms with Gasteiger partial charge in [0.15, 0.2) is 0 Å². The molecule has 1 unspecified atom stereocenters. The van der Waals surface area contributed by atoms with Gasteiger partial charge in [0.25, 0.3) is 0 Å². The molecule has 5 heteroatoms. The lowest BCUT2D eigenvalue weighted by atomic mass is 9.76. The first-order valence-electron chi connectivity index (χ1n) is 8.65. The first-order valence-corrected chi connectivity index (χ1v) is 8.65. The predicted octanol–water partition coefficient (Wildman–Crippen LogP) is 3.24. The molecule has 2 aliphatic rings. The first kappa shape index (κ1) is 17.7. The zero-order chi connectivity index (χ0) is 14.9. The highest BCUT2D eigenvalue weighted by molar-refractivity contribution is 5.85. The van der Waals surface area contributed by atoms with Gasteiger partial charge in [-0.25, -0.2) is 0 Å². The number of aromatic nitrogens is 3. The SMILES string of the molecule is CC(C)(C)C1CCc2nnc(CC3CCNCC3)n2CC1.Cl. The molecule has 22 heavy (non-hydrogen) atoms. The number of hydrogen-bond donors (Lipinski definition) is 1. The lowest BCUT2D eigenvalue weighted by molar-refractivity contribution is 0.211. The summed E-state index contributed by atoms with van der Waals surface area (Å²) in [7, 11) is 0. The van der Waals surface area contributed by atoms with Gasteiger partial charge in [-0.2, -0.15) is 0 Å². The van der Waals surface area contributed by atoms with E-state index in [1.807, 2.05) is 0 Å². The van der Waals surface area contributed by atoms with E-state index >= 15 is 0 Å². The second-order valence-corrected chi connectivity index (χ2v) is 7.97. The van der Waals surface area contributed by atoms with Gasteiger partial charge in [0, 0.05) is 19.4 Å². The number of hydrogen-bond acceptors (Lipinski definition) is 3. The fraction of sp³-hybridized carbons (Fsp3) is 0.882. The van der Waals surface area contributed by atoms with Gasteiger partial charge in [-0.1, -0.05) is 20.8 Å². The molecule has 1 aromatic rings. The van der Waals surface area contributed by atoms with Gasteiger partial charge in [-0.15, -0.1) is 22.6 Å². The summed E-state index contributed by atoms with van der Waals surface area (Å²) in [6.07, 6.45) is 7.32. The molecule has 0 aliphatic carbocycles. The molecule has 126 valence electrons. The summed E-state index contributed by atoms with van der Waals surface area (Å²) in [5.74, 6) is 4.06. The topological polar surface area (TPSA) is 42.7 Å². The molecule has 0 aromatic carbocycles. The molecule has 2 aliphatic heterocycles. The predicted molar refractivity (Wildman–Crippen MR) is 92.5 cm³/mol. The summed E-state index contributed by atoms with van der Waals surface area (Å²) in [5.41, 5.74) is 0.409. The number of piperidine rings is 1. The van der Waals surface area contributed by atoms with Gasteiger partial charge in [0.1, 0.15) is 11.6 Å². The lowest BCUT2D eigenvalue weighted by Crippen LogP contribution is -2.29. The molecule has 1 aromatic heterocycles. The highest BCUT2D eigenvalue weighted by Crippen LogP contribution is 2.35. The average Bonchev–Trinajstić information content (AvgIpc) is 2.69. The van der Waals surface area contributed by atoms with Crippen LogP contribution in [0.2, 0.25) is 0 Å². The second kappa shape index (κ2) is 7.31. The van der Waals surface area contributed by atoms with Crippen LogP contribution in [-0.2, 0) is 19.4 Å². The second-order valence-electron chi connectivity index (χ2n) is 7.97. The maximum Gasteiger partial charge on any atom is 0.133 e. The Morgan fingerprint density at radius 3 is 2.50 bits per heavy atom. The molecule has 1 N–H and O–H groups in total. The third kappa shape index (κ3) is 4.02. The van der Waals surface area contributed by atoms with E-state index < -0.39 is 0 Å². The number of nitrogens with zero attached hydrogens (tertiary/aromatic N) is 3. The summed E-state index contributed by atoms with van der Waals surface area (Å²) in [6, 6.07) is 0. The van der Waals surface area contributed by atoms with Crippen LogP contribution in [0.4, 0.5) is 0 Å². The largest absolute Gasteiger partial charge is 0.317 e. The van der Waals surface area contributed by atoms with Crippen LogP contribution in [0.5, 0.6) is 0 Å². The van der Waals surface area contributed by atoms with Crippen molar-refractivity contribution >= 4 is 12.4 Å². The van der Waals surface area contributed by atoms with Crippen LogP contribution in [0, 0.1) is 17.3 Å². The van der Waals surface area contributed by atoms with Crippen molar-refractivity contribution in [3.05, 3.63) is 11.6 Å². The van der Waals surface area contributed by atoms with E-state index in [-0.39, 0.29) is 12.4 Å². The highest BCUT2D eigenvalue weighted by Gasteiger charge is 2.28. The van der Waals surface area contributed by atoms with E-state index in [4.69, 9.17) is 0 Å². The molecule has 0 spiro atoms. The summed E-state index contributed by atoms with van der Waals surface area (Å²) >= 11 is 0. The standard InChI is InChI=1S/C17H30N4.ClH/c1-17(2,3)14-4-5-15-19-20-16(21(15)11-8-14)12-13-6-9-18-10-7-13;/h13-14,18H,4-12H2,1-3H3;1H. The Morgan fingerprint density at radius 2 is 1.82 bits per heavy atom. The average molecular weight is 327 g/mol. The molecule has 3 heterocycles. The smallest absolute Gasteiger partial charge is 0.133 e. The number of aryl methyl sites for hydroxylation is 1. The quantitative estimate of drug-likeness (QED) is 0.907. The van der Waals surface area contributed by atoms with Crippen molar-refractivity contribution in [1.29, 1.82) is 0 Å². The van der Waals surface area contributed by atoms with Gasteiger partial charge in [0.05, 0.1) is 0 Å². The summed E-state index contributed by atoms with van der Waals surface area (Å²) in [5, 5.41) is 12.5. The van der Waals surface area contributed by atoms with Gasteiger partial charge in [0.2, 0.25) is 0 Å². The van der Waals surface area contributed by atoms with E-state index in [1.165, 1.54) is 37.3 Å². The molecule has 3 rings (SSSR count). The molecule has 0 bridgehead atoms. The third-order valence-electron chi connectivity index (χ3n) is 5.48. The third-order valence-corrected chi connectivity index (χ3v) is 5.48. The lowest BCUT2D eigenvalue weighted by Gasteiger charge is -2.29. The van der Waals surface area contributed by atoms with Crippen LogP contribution >= 0.6 is 12.4 Å². The van der Waals surface area contributed by atoms with Crippen molar-refractivity contribution in [3.8, 4) is 0 Å². The molecular weight excluding hydrogens is 296 g/mol. The number of rotatable bonds is 2. The Labute approximate surface area is 140 Å². The Balaban J connectivity index is 0.00000176. The maximum atomic E-state index is 4.51. The van der Waals surface area contributed by atoms with Crippen molar-refractivity contribution in [3.63, 3.8) is 0 Å². The summed E-state index contributed by atoms with van der Waals surface area (Å²) in [4.78, 5) is 0. The first-order chi connectivity index (χ1) is 10.0. The number of halogens is 1. The fourth-order valence-electron chi connectivity index (χ4n) is 3.91. The molecule has 1 atom stereocenters. The maximum absolute atomic E-state index is 4.51. The van der Waals surface area contributed by atoms with Gasteiger partial charge in [-0.3, -0.25) is 0 Å². The number of fused-ring (bicyclic) bond motifs is 1. The van der Waals surface area contributed by atoms with E-state index in [0.29, 0.717) is 5.41 Å². The molecule has 0 amide bonds. The highest BCUT2D eigenvalue weighted by atomic mass is 35.5. The Hall–Kier alpha value is -0.610. The molecule has 0 radical (unpaired) electrons. The summed E-state index contributed by atoms with van der Waals surface area (Å²) in [6.45, 7) is 10.6. The zero-order valence-corrected chi connectivity index (χ0v) is 15.1. The van der Waals surface area contributed by atoms with Crippen LogP contribution in [0.1, 0.15) is 58.1 Å². The normalized spacial score (nSPS) is 23.5. The van der Waals surface area contributed by atoms with Crippen LogP contribution < -0.4 is 5.32 Å². The Kier molecular flexibility index (Phi) is 5.89. The van der Waals surface area contributed by atoms with Gasteiger partial charge >= 0.3 is 0 Å². The van der Waals surface area contributed by atoms with Crippen LogP contribution in [0.3, 0.4) is 0 Å². The molecule has 1 saturated heterocycles. The molecule has 1 fully saturated rings. The Bertz CT molecular complexity index is 471. The van der Waals surface area contributed by atoms with E-state index in [1.54, 1.807) is 0 Å². The van der Waals surface area contributed by atoms with E-state index in [9.17, 15) is 0 Å². The van der Waals surface area contributed by atoms with Crippen LogP contribution in [-0.4, -0.2) is 27.9 Å². The minimum absolute atomic E-state index is 0. The molecular formula is C17H31ClN4. The van der Waals surface area contributed by atoms with Crippen LogP contribution in [0.25, 0.3) is 0 Å². The van der Waals surface area contributed by atoms with Crippen molar-refractivity contribution < 1.29 is 0 Å². The minimum atomic E-state index is 0. The molecule has 4 nitrogen and oxygen atoms in total. The fourth-order valence-corrected chi connectivity index (χ4v) is 3.91. The number of nitrogens with one attached hydrogen (secondary N) is 1. The van der Waals surface area contributed by atoms with E-state index in [2.05, 4.69) is 40.9 Å². The van der Waals surface area contributed by atoms with Gasteiger partial charge in [-0.05, 0) is 56.0 Å². The van der Waals surface area contributed by atoms with Crippen molar-refractivity contribution in [1.82, 2.24) is 20.1 Å².